The molecule has 1 unspecified atom stereocenters. The minimum absolute atomic E-state index is 0.250. The van der Waals surface area contributed by atoms with Gasteiger partial charge in [0.05, 0.1) is 12.5 Å². The number of hydrogen-bond acceptors (Lipinski definition) is 2. The summed E-state index contributed by atoms with van der Waals surface area (Å²) in [7, 11) is 0. The Balaban J connectivity index is 2.39. The lowest BCUT2D eigenvalue weighted by molar-refractivity contribution is -0.122. The van der Waals surface area contributed by atoms with Crippen molar-refractivity contribution in [3.05, 3.63) is 30.3 Å². The predicted octanol–water partition coefficient (Wildman–Crippen LogP) is 1.19. The van der Waals surface area contributed by atoms with Crippen LogP contribution in [0.1, 0.15) is 6.92 Å². The van der Waals surface area contributed by atoms with Crippen LogP contribution in [0.25, 0.3) is 0 Å². The van der Waals surface area contributed by atoms with Crippen LogP contribution in [0.3, 0.4) is 0 Å². The van der Waals surface area contributed by atoms with Gasteiger partial charge in [0.1, 0.15) is 5.75 Å². The summed E-state index contributed by atoms with van der Waals surface area (Å²) in [6.45, 7) is 2.07. The van der Waals surface area contributed by atoms with Crippen molar-refractivity contribution in [1.82, 2.24) is 0 Å². The molecule has 70 valence electrons. The number of amides is 1. The number of carbonyl (C=O) groups excluding carboxylic acids is 1. The Morgan fingerprint density at radius 1 is 1.46 bits per heavy atom. The molecule has 0 radical (unpaired) electrons. The molecule has 0 aliphatic heterocycles. The highest BCUT2D eigenvalue weighted by molar-refractivity contribution is 5.76. The Hall–Kier alpha value is -1.51. The van der Waals surface area contributed by atoms with Gasteiger partial charge in [0.2, 0.25) is 5.91 Å². The van der Waals surface area contributed by atoms with Gasteiger partial charge in [-0.3, -0.25) is 4.79 Å². The summed E-state index contributed by atoms with van der Waals surface area (Å²) in [4.78, 5) is 10.7. The van der Waals surface area contributed by atoms with E-state index < -0.39 is 0 Å². The number of carbonyl (C=O) groups is 1. The monoisotopic (exact) mass is 179 g/mol. The van der Waals surface area contributed by atoms with E-state index in [4.69, 9.17) is 10.5 Å². The summed E-state index contributed by atoms with van der Waals surface area (Å²) in [5.74, 6) is 0.173. The number of ether oxygens (including phenoxy) is 1. The Morgan fingerprint density at radius 2 is 2.08 bits per heavy atom. The minimum Gasteiger partial charge on any atom is -0.493 e. The molecule has 0 fully saturated rings. The third-order valence-electron chi connectivity index (χ3n) is 1.73. The molecule has 1 rings (SSSR count). The van der Waals surface area contributed by atoms with Crippen LogP contribution in [0.4, 0.5) is 0 Å². The van der Waals surface area contributed by atoms with Gasteiger partial charge >= 0.3 is 0 Å². The van der Waals surface area contributed by atoms with E-state index >= 15 is 0 Å². The summed E-state index contributed by atoms with van der Waals surface area (Å²) in [5, 5.41) is 0. The molecule has 3 heteroatoms. The molecule has 2 N–H and O–H groups in total. The van der Waals surface area contributed by atoms with E-state index in [0.29, 0.717) is 6.61 Å². The number of nitrogens with two attached hydrogens (primary N) is 1. The van der Waals surface area contributed by atoms with Gasteiger partial charge in [0, 0.05) is 0 Å². The van der Waals surface area contributed by atoms with E-state index in [1.165, 1.54) is 0 Å². The van der Waals surface area contributed by atoms with Crippen LogP contribution < -0.4 is 10.5 Å². The maximum atomic E-state index is 10.7. The third-order valence-corrected chi connectivity index (χ3v) is 1.73. The summed E-state index contributed by atoms with van der Waals surface area (Å²) in [5.41, 5.74) is 5.08. The van der Waals surface area contributed by atoms with Crippen LogP contribution in [0.15, 0.2) is 30.3 Å². The maximum Gasteiger partial charge on any atom is 0.223 e. The molecule has 3 nitrogen and oxygen atoms in total. The molecule has 0 bridgehead atoms. The highest BCUT2D eigenvalue weighted by Gasteiger charge is 2.08. The van der Waals surface area contributed by atoms with Gasteiger partial charge in [-0.05, 0) is 12.1 Å². The maximum absolute atomic E-state index is 10.7. The second-order valence-electron chi connectivity index (χ2n) is 2.93. The molecule has 1 aromatic carbocycles. The van der Waals surface area contributed by atoms with Crippen molar-refractivity contribution in [2.45, 2.75) is 6.92 Å². The first kappa shape index (κ1) is 9.58. The first-order valence-electron chi connectivity index (χ1n) is 4.17. The zero-order chi connectivity index (χ0) is 9.68. The molecular formula is C10H13NO2. The lowest BCUT2D eigenvalue weighted by atomic mass is 10.2. The molecule has 13 heavy (non-hydrogen) atoms. The van der Waals surface area contributed by atoms with E-state index in [0.717, 1.165) is 5.75 Å². The van der Waals surface area contributed by atoms with Crippen LogP contribution >= 0.6 is 0 Å². The molecule has 0 aliphatic rings. The van der Waals surface area contributed by atoms with Gasteiger partial charge in [-0.2, -0.15) is 0 Å². The number of primary amides is 1. The first-order valence-corrected chi connectivity index (χ1v) is 4.17. The van der Waals surface area contributed by atoms with E-state index in [1.54, 1.807) is 6.92 Å². The zero-order valence-corrected chi connectivity index (χ0v) is 7.57. The highest BCUT2D eigenvalue weighted by Crippen LogP contribution is 2.09. The van der Waals surface area contributed by atoms with E-state index in [2.05, 4.69) is 0 Å². The normalized spacial score (nSPS) is 12.1. The lowest BCUT2D eigenvalue weighted by Gasteiger charge is -2.09. The van der Waals surface area contributed by atoms with Crippen molar-refractivity contribution in [3.63, 3.8) is 0 Å². The molecular weight excluding hydrogens is 166 g/mol. The SMILES string of the molecule is CC(COc1ccccc1)C(N)=O. The molecule has 0 spiro atoms. The second kappa shape index (κ2) is 4.50. The van der Waals surface area contributed by atoms with E-state index in [9.17, 15) is 4.79 Å². The Bertz CT molecular complexity index is 272. The first-order chi connectivity index (χ1) is 6.20. The van der Waals surface area contributed by atoms with Crippen molar-refractivity contribution in [2.24, 2.45) is 11.7 Å². The Labute approximate surface area is 77.5 Å². The van der Waals surface area contributed by atoms with Gasteiger partial charge in [0.25, 0.3) is 0 Å². The van der Waals surface area contributed by atoms with E-state index in [1.807, 2.05) is 30.3 Å². The topological polar surface area (TPSA) is 52.3 Å². The number of benzene rings is 1. The molecule has 0 aromatic heterocycles. The number of hydrogen-bond donors (Lipinski definition) is 1. The van der Waals surface area contributed by atoms with Crippen molar-refractivity contribution in [3.8, 4) is 5.75 Å². The number of para-hydroxylation sites is 1. The number of rotatable bonds is 4. The second-order valence-corrected chi connectivity index (χ2v) is 2.93. The molecule has 0 saturated heterocycles. The highest BCUT2D eigenvalue weighted by atomic mass is 16.5. The quantitative estimate of drug-likeness (QED) is 0.754. The predicted molar refractivity (Wildman–Crippen MR) is 50.3 cm³/mol. The van der Waals surface area contributed by atoms with Crippen LogP contribution in [0, 0.1) is 5.92 Å². The van der Waals surface area contributed by atoms with Gasteiger partial charge < -0.3 is 10.5 Å². The summed E-state index contributed by atoms with van der Waals surface area (Å²) < 4.78 is 5.33. The standard InChI is InChI=1S/C10H13NO2/c1-8(10(11)12)7-13-9-5-3-2-4-6-9/h2-6,8H,7H2,1H3,(H2,11,12). The minimum atomic E-state index is -0.337. The van der Waals surface area contributed by atoms with Crippen molar-refractivity contribution >= 4 is 5.91 Å². The molecule has 0 heterocycles. The average molecular weight is 179 g/mol. The van der Waals surface area contributed by atoms with Crippen molar-refractivity contribution in [1.29, 1.82) is 0 Å². The fourth-order valence-electron chi connectivity index (χ4n) is 0.820. The summed E-state index contributed by atoms with van der Waals surface area (Å²) in [6.07, 6.45) is 0. The molecule has 0 aliphatic carbocycles. The van der Waals surface area contributed by atoms with Gasteiger partial charge in [-0.15, -0.1) is 0 Å². The zero-order valence-electron chi connectivity index (χ0n) is 7.57. The average Bonchev–Trinajstić information content (AvgIpc) is 2.15. The summed E-state index contributed by atoms with van der Waals surface area (Å²) >= 11 is 0. The summed E-state index contributed by atoms with van der Waals surface area (Å²) in [6, 6.07) is 9.35. The third kappa shape index (κ3) is 3.15. The van der Waals surface area contributed by atoms with Gasteiger partial charge in [0.15, 0.2) is 0 Å². The smallest absolute Gasteiger partial charge is 0.223 e. The fraction of sp³-hybridized carbons (Fsp3) is 0.300. The van der Waals surface area contributed by atoms with Crippen molar-refractivity contribution < 1.29 is 9.53 Å². The van der Waals surface area contributed by atoms with Crippen LogP contribution in [0.2, 0.25) is 0 Å². The molecule has 1 amide bonds. The van der Waals surface area contributed by atoms with Crippen LogP contribution in [-0.2, 0) is 4.79 Å². The van der Waals surface area contributed by atoms with Crippen molar-refractivity contribution in [2.75, 3.05) is 6.61 Å². The molecule has 0 saturated carbocycles. The van der Waals surface area contributed by atoms with Gasteiger partial charge in [-0.25, -0.2) is 0 Å². The Morgan fingerprint density at radius 3 is 2.62 bits per heavy atom. The van der Waals surface area contributed by atoms with Crippen LogP contribution in [0.5, 0.6) is 5.75 Å². The fourth-order valence-corrected chi connectivity index (χ4v) is 0.820. The van der Waals surface area contributed by atoms with E-state index in [-0.39, 0.29) is 11.8 Å². The molecule has 1 atom stereocenters. The van der Waals surface area contributed by atoms with Gasteiger partial charge in [-0.1, -0.05) is 25.1 Å². The molecule has 1 aromatic rings. The van der Waals surface area contributed by atoms with Crippen LogP contribution in [-0.4, -0.2) is 12.5 Å². The lowest BCUT2D eigenvalue weighted by Crippen LogP contribution is -2.25. The Kier molecular flexibility index (Phi) is 3.31. The largest absolute Gasteiger partial charge is 0.493 e.